The fourth-order valence-corrected chi connectivity index (χ4v) is 2.65. The summed E-state index contributed by atoms with van der Waals surface area (Å²) in [6, 6.07) is 14.6. The number of amides is 1. The maximum absolute atomic E-state index is 11.8. The summed E-state index contributed by atoms with van der Waals surface area (Å²) in [5.41, 5.74) is 4.29. The zero-order chi connectivity index (χ0) is 16.5. The molecule has 3 aromatic rings. The molecule has 4 rings (SSSR count). The number of carbonyl (C=O) groups is 1. The molecular formula is C18H12N2O4. The van der Waals surface area contributed by atoms with Gasteiger partial charge in [0.15, 0.2) is 5.75 Å². The van der Waals surface area contributed by atoms with Crippen LogP contribution in [-0.2, 0) is 0 Å². The Morgan fingerprint density at radius 3 is 2.71 bits per heavy atom. The Kier molecular flexibility index (Phi) is 3.36. The van der Waals surface area contributed by atoms with Gasteiger partial charge in [-0.1, -0.05) is 24.3 Å². The van der Waals surface area contributed by atoms with E-state index in [1.54, 1.807) is 17.8 Å². The molecule has 24 heavy (non-hydrogen) atoms. The quantitative estimate of drug-likeness (QED) is 0.433. The largest absolute Gasteiger partial charge is 0.458 e. The van der Waals surface area contributed by atoms with Gasteiger partial charge in [-0.3, -0.25) is 15.0 Å². The summed E-state index contributed by atoms with van der Waals surface area (Å²) in [6.07, 6.45) is 3.09. The highest BCUT2D eigenvalue weighted by molar-refractivity contribution is 6.02. The maximum Gasteiger partial charge on any atom is 0.310 e. The number of aliphatic imine (C=N–C) groups is 1. The highest BCUT2D eigenvalue weighted by atomic mass is 16.5. The molecule has 1 amide bonds. The van der Waals surface area contributed by atoms with Gasteiger partial charge in [0.25, 0.3) is 0 Å². The molecule has 0 spiro atoms. The van der Waals surface area contributed by atoms with Gasteiger partial charge in [0.2, 0.25) is 5.76 Å². The van der Waals surface area contributed by atoms with Crippen LogP contribution >= 0.6 is 0 Å². The topological polar surface area (TPSA) is 84.1 Å². The number of hydrogen-bond acceptors (Lipinski definition) is 5. The molecule has 2 N–H and O–H groups in total. The number of fused-ring (bicyclic) bond motifs is 2. The molecule has 1 aromatic heterocycles. The number of para-hydroxylation sites is 2. The highest BCUT2D eigenvalue weighted by Gasteiger charge is 2.21. The van der Waals surface area contributed by atoms with Crippen LogP contribution in [0.15, 0.2) is 64.2 Å². The summed E-state index contributed by atoms with van der Waals surface area (Å²) in [4.78, 5) is 16.2. The van der Waals surface area contributed by atoms with E-state index in [4.69, 9.17) is 14.4 Å². The van der Waals surface area contributed by atoms with Crippen molar-refractivity contribution in [1.82, 2.24) is 5.48 Å². The van der Waals surface area contributed by atoms with E-state index in [1.165, 1.54) is 6.26 Å². The van der Waals surface area contributed by atoms with Crippen LogP contribution < -0.4 is 10.2 Å². The second-order valence-electron chi connectivity index (χ2n) is 5.15. The fraction of sp³-hybridized carbons (Fsp3) is 0. The van der Waals surface area contributed by atoms with Crippen LogP contribution in [0.25, 0.3) is 11.1 Å². The first-order valence-electron chi connectivity index (χ1n) is 7.24. The third-order valence-electron chi connectivity index (χ3n) is 3.75. The van der Waals surface area contributed by atoms with Gasteiger partial charge < -0.3 is 9.15 Å². The van der Waals surface area contributed by atoms with Crippen molar-refractivity contribution in [2.75, 3.05) is 0 Å². The number of nitrogens with zero attached hydrogens (tertiary/aromatic N) is 1. The molecule has 2 aromatic carbocycles. The van der Waals surface area contributed by atoms with E-state index in [9.17, 15) is 4.79 Å². The van der Waals surface area contributed by atoms with Crippen molar-refractivity contribution in [3.8, 4) is 22.6 Å². The predicted octanol–water partition coefficient (Wildman–Crippen LogP) is 3.92. The number of hydrogen-bond donors (Lipinski definition) is 2. The molecule has 1 aliphatic heterocycles. The van der Waals surface area contributed by atoms with Crippen molar-refractivity contribution in [1.29, 1.82) is 0 Å². The van der Waals surface area contributed by atoms with E-state index >= 15 is 0 Å². The average molecular weight is 320 g/mol. The minimum atomic E-state index is -0.720. The highest BCUT2D eigenvalue weighted by Crippen LogP contribution is 2.39. The van der Waals surface area contributed by atoms with Gasteiger partial charge in [0.05, 0.1) is 6.26 Å². The number of ether oxygens (including phenoxy) is 1. The van der Waals surface area contributed by atoms with Crippen LogP contribution in [-0.4, -0.2) is 17.3 Å². The lowest BCUT2D eigenvalue weighted by Crippen LogP contribution is -2.18. The van der Waals surface area contributed by atoms with E-state index in [2.05, 4.69) is 4.99 Å². The molecular weight excluding hydrogens is 308 g/mol. The van der Waals surface area contributed by atoms with Gasteiger partial charge in [-0.05, 0) is 29.8 Å². The van der Waals surface area contributed by atoms with E-state index in [-0.39, 0.29) is 5.76 Å². The summed E-state index contributed by atoms with van der Waals surface area (Å²) in [6.45, 7) is 0. The van der Waals surface area contributed by atoms with Gasteiger partial charge in [-0.2, -0.15) is 0 Å². The van der Waals surface area contributed by atoms with Crippen molar-refractivity contribution < 1.29 is 19.2 Å². The van der Waals surface area contributed by atoms with Crippen LogP contribution in [0.1, 0.15) is 16.1 Å². The fourth-order valence-electron chi connectivity index (χ4n) is 2.65. The summed E-state index contributed by atoms with van der Waals surface area (Å²) in [5.74, 6) is 0.575. The van der Waals surface area contributed by atoms with Crippen LogP contribution in [0.5, 0.6) is 11.5 Å². The van der Waals surface area contributed by atoms with Crippen LogP contribution in [0, 0.1) is 0 Å². The Hall–Kier alpha value is -3.38. The first kappa shape index (κ1) is 14.2. The molecule has 0 saturated carbocycles. The molecule has 0 unspecified atom stereocenters. The summed E-state index contributed by atoms with van der Waals surface area (Å²) >= 11 is 0. The number of carbonyl (C=O) groups excluding carboxylic acids is 1. The van der Waals surface area contributed by atoms with E-state index < -0.39 is 5.91 Å². The lowest BCUT2D eigenvalue weighted by molar-refractivity contribution is 0.0677. The summed E-state index contributed by atoms with van der Waals surface area (Å²) in [7, 11) is 0. The number of rotatable bonds is 2. The van der Waals surface area contributed by atoms with Crippen molar-refractivity contribution in [2.45, 2.75) is 0 Å². The second-order valence-corrected chi connectivity index (χ2v) is 5.15. The SMILES string of the molecule is O=C(NO)c1occc1-c1cccc2c1C=Nc1ccccc1O2. The minimum absolute atomic E-state index is 0.0149. The molecule has 6 heteroatoms. The van der Waals surface area contributed by atoms with E-state index in [0.29, 0.717) is 17.1 Å². The zero-order valence-corrected chi connectivity index (χ0v) is 12.4. The number of furan rings is 1. The van der Waals surface area contributed by atoms with Crippen molar-refractivity contribution in [2.24, 2.45) is 4.99 Å². The monoisotopic (exact) mass is 320 g/mol. The predicted molar refractivity (Wildman–Crippen MR) is 87.2 cm³/mol. The minimum Gasteiger partial charge on any atom is -0.458 e. The molecule has 2 heterocycles. The molecule has 0 atom stereocenters. The molecule has 118 valence electrons. The van der Waals surface area contributed by atoms with Crippen molar-refractivity contribution >= 4 is 17.8 Å². The van der Waals surface area contributed by atoms with Gasteiger partial charge in [-0.15, -0.1) is 0 Å². The normalized spacial score (nSPS) is 11.9. The molecule has 0 radical (unpaired) electrons. The smallest absolute Gasteiger partial charge is 0.310 e. The molecule has 0 aliphatic carbocycles. The number of nitrogens with one attached hydrogen (secondary N) is 1. The molecule has 0 bridgehead atoms. The van der Waals surface area contributed by atoms with Gasteiger partial charge in [0.1, 0.15) is 11.4 Å². The Labute approximate surface area is 137 Å². The van der Waals surface area contributed by atoms with Crippen LogP contribution in [0.3, 0.4) is 0 Å². The standard InChI is InChI=1S/C18H12N2O4/c21-18(20-22)17-12(8-9-23-17)11-4-3-7-15-13(11)10-19-14-5-1-2-6-16(14)24-15/h1-10,22H,(H,20,21). The maximum atomic E-state index is 11.8. The Bertz CT molecular complexity index is 959. The van der Waals surface area contributed by atoms with Crippen molar-refractivity contribution in [3.05, 3.63) is 66.1 Å². The Morgan fingerprint density at radius 2 is 1.83 bits per heavy atom. The Balaban J connectivity index is 1.88. The number of benzene rings is 2. The summed E-state index contributed by atoms with van der Waals surface area (Å²) < 4.78 is 11.2. The Morgan fingerprint density at radius 1 is 1.00 bits per heavy atom. The first-order valence-corrected chi connectivity index (χ1v) is 7.24. The van der Waals surface area contributed by atoms with Crippen molar-refractivity contribution in [3.63, 3.8) is 0 Å². The second kappa shape index (κ2) is 5.68. The molecule has 1 aliphatic rings. The van der Waals surface area contributed by atoms with Crippen LogP contribution in [0.4, 0.5) is 5.69 Å². The third-order valence-corrected chi connectivity index (χ3v) is 3.75. The van der Waals surface area contributed by atoms with Gasteiger partial charge in [0, 0.05) is 17.3 Å². The average Bonchev–Trinajstić information content (AvgIpc) is 3.02. The summed E-state index contributed by atoms with van der Waals surface area (Å²) in [5, 5.41) is 8.87. The van der Waals surface area contributed by atoms with Gasteiger partial charge in [-0.25, -0.2) is 5.48 Å². The van der Waals surface area contributed by atoms with Gasteiger partial charge >= 0.3 is 5.91 Å². The lowest BCUT2D eigenvalue weighted by Gasteiger charge is -2.11. The van der Waals surface area contributed by atoms with Crippen LogP contribution in [0.2, 0.25) is 0 Å². The third kappa shape index (κ3) is 2.26. The molecule has 0 saturated heterocycles. The van der Waals surface area contributed by atoms with E-state index in [1.807, 2.05) is 42.5 Å². The van der Waals surface area contributed by atoms with E-state index in [0.717, 1.165) is 16.8 Å². The lowest BCUT2D eigenvalue weighted by atomic mass is 9.99. The first-order chi connectivity index (χ1) is 11.8. The zero-order valence-electron chi connectivity index (χ0n) is 12.4. The number of hydroxylamine groups is 1. The molecule has 6 nitrogen and oxygen atoms in total. The molecule has 0 fully saturated rings.